The highest BCUT2D eigenvalue weighted by Crippen LogP contribution is 2.41. The van der Waals surface area contributed by atoms with Crippen LogP contribution in [0.25, 0.3) is 17.6 Å². The zero-order valence-electron chi connectivity index (χ0n) is 62.1. The second-order valence-corrected chi connectivity index (χ2v) is 29.3. The SMILES string of the molecule is CC1C=CNC(n2nnc3c2CCN(C(=O)c2cccc(C(F)(F)F)c2Cl)[C@@H]3C)=N1.CC1Cc2c(nnn2-c2ncc(F)cn2)CN1C(=O)c1cc(C(F)(F)F)ccc1F.Cc1cc(C)nc(-n2nnc3c2CCN(C(=O)c2cccc(Cl)c2Cl)[C@H]3C)c1.Cc1cccc(-n2nnc3c2CCN(C(=O)c2cccc(Cl)c2Cl)C3C)n1. The zero-order valence-corrected chi connectivity index (χ0v) is 65.9. The maximum Gasteiger partial charge on any atom is 0.417 e. The molecule has 5 aliphatic heterocycles. The van der Waals surface area contributed by atoms with E-state index in [4.69, 9.17) is 58.0 Å². The summed E-state index contributed by atoms with van der Waals surface area (Å²) in [5.41, 5.74) is 6.55. The van der Waals surface area contributed by atoms with Crippen LogP contribution in [0.1, 0.15) is 168 Å². The van der Waals surface area contributed by atoms with Crippen LogP contribution in [0.4, 0.5) is 35.1 Å². The van der Waals surface area contributed by atoms with E-state index in [2.05, 4.69) is 71.5 Å². The molecule has 0 radical (unpaired) electrons. The van der Waals surface area contributed by atoms with Gasteiger partial charge < -0.3 is 24.9 Å². The van der Waals surface area contributed by atoms with Crippen LogP contribution in [0.3, 0.4) is 0 Å². The number of hydrogen-bond acceptors (Lipinski definition) is 18. The molecule has 0 aliphatic carbocycles. The number of aryl methyl sites for hydroxylation is 3. The quantitative estimate of drug-likeness (QED) is 0.145. The number of aliphatic imine (C=N–C) groups is 1. The first-order valence-corrected chi connectivity index (χ1v) is 37.6. The van der Waals surface area contributed by atoms with Crippen LogP contribution in [0.2, 0.25) is 25.1 Å². The summed E-state index contributed by atoms with van der Waals surface area (Å²) in [4.78, 5) is 79.4. The van der Waals surface area contributed by atoms with Gasteiger partial charge in [-0.05, 0) is 146 Å². The summed E-state index contributed by atoms with van der Waals surface area (Å²) >= 11 is 30.6. The number of alkyl halides is 6. The number of rotatable bonds is 7. The lowest BCUT2D eigenvalue weighted by atomic mass is 10.0. The molecule has 12 heterocycles. The van der Waals surface area contributed by atoms with Gasteiger partial charge in [0.2, 0.25) is 5.96 Å². The third-order valence-electron chi connectivity index (χ3n) is 19.7. The molecular weight excluding hydrogens is 1610 g/mol. The van der Waals surface area contributed by atoms with Gasteiger partial charge in [0.05, 0.1) is 124 Å². The van der Waals surface area contributed by atoms with Crippen molar-refractivity contribution in [3.05, 3.63) is 260 Å². The maximum absolute atomic E-state index is 14.2. The van der Waals surface area contributed by atoms with Gasteiger partial charge in [0, 0.05) is 68.9 Å². The summed E-state index contributed by atoms with van der Waals surface area (Å²) in [7, 11) is 0. The minimum absolute atomic E-state index is 0.0109. The van der Waals surface area contributed by atoms with Crippen LogP contribution in [0, 0.1) is 32.4 Å². The van der Waals surface area contributed by atoms with Crippen molar-refractivity contribution in [1.82, 2.24) is 105 Å². The minimum Gasteiger partial charge on any atom is -0.331 e. The number of pyridine rings is 2. The van der Waals surface area contributed by atoms with Gasteiger partial charge in [-0.2, -0.15) is 45.1 Å². The molecule has 596 valence electrons. The highest BCUT2D eigenvalue weighted by Gasteiger charge is 2.41. The molecule has 0 spiro atoms. The Balaban J connectivity index is 0.000000134. The second-order valence-electron chi connectivity index (χ2n) is 27.4. The number of hydrogen-bond donors (Lipinski definition) is 1. The number of amides is 4. The van der Waals surface area contributed by atoms with E-state index in [0.717, 1.165) is 75.5 Å². The number of carbonyl (C=O) groups is 4. The van der Waals surface area contributed by atoms with Crippen molar-refractivity contribution < 1.29 is 54.3 Å². The van der Waals surface area contributed by atoms with Crippen molar-refractivity contribution in [2.75, 3.05) is 19.6 Å². The lowest BCUT2D eigenvalue weighted by Gasteiger charge is -2.33. The van der Waals surface area contributed by atoms with Crippen molar-refractivity contribution in [2.45, 2.75) is 130 Å². The van der Waals surface area contributed by atoms with Crippen LogP contribution in [-0.4, -0.2) is 161 Å². The Morgan fingerprint density at radius 3 is 1.50 bits per heavy atom. The molecule has 5 atom stereocenters. The molecule has 0 bridgehead atoms. The Hall–Kier alpha value is -11.2. The predicted molar refractivity (Wildman–Crippen MR) is 407 cm³/mol. The summed E-state index contributed by atoms with van der Waals surface area (Å²) in [6.45, 7) is 16.4. The molecule has 0 fully saturated rings. The Labute approximate surface area is 675 Å². The molecule has 5 aliphatic rings. The first-order valence-electron chi connectivity index (χ1n) is 35.7. The number of nitrogens with zero attached hydrogens (tertiary/aromatic N) is 21. The van der Waals surface area contributed by atoms with Gasteiger partial charge in [-0.3, -0.25) is 19.2 Å². The number of aromatic nitrogens is 16. The van der Waals surface area contributed by atoms with E-state index in [1.165, 1.54) is 26.6 Å². The zero-order chi connectivity index (χ0) is 82.4. The van der Waals surface area contributed by atoms with Gasteiger partial charge in [0.25, 0.3) is 29.6 Å². The third kappa shape index (κ3) is 16.9. The summed E-state index contributed by atoms with van der Waals surface area (Å²) in [5.74, 6) is -1.37. The van der Waals surface area contributed by atoms with Gasteiger partial charge in [-0.25, -0.2) is 33.7 Å². The predicted octanol–water partition coefficient (Wildman–Crippen LogP) is 14.7. The monoisotopic (exact) mass is 1680 g/mol. The lowest BCUT2D eigenvalue weighted by Crippen LogP contribution is -2.43. The lowest BCUT2D eigenvalue weighted by molar-refractivity contribution is -0.138. The van der Waals surface area contributed by atoms with Gasteiger partial charge >= 0.3 is 12.4 Å². The molecule has 11 aromatic rings. The minimum atomic E-state index is -4.71. The Morgan fingerprint density at radius 1 is 0.496 bits per heavy atom. The molecule has 0 saturated carbocycles. The summed E-state index contributed by atoms with van der Waals surface area (Å²) in [6, 6.07) is 23.5. The molecule has 4 amide bonds. The molecule has 39 heteroatoms. The highest BCUT2D eigenvalue weighted by molar-refractivity contribution is 6.44. The van der Waals surface area contributed by atoms with Crippen LogP contribution in [0.5, 0.6) is 0 Å². The normalized spacial score (nSPS) is 17.6. The van der Waals surface area contributed by atoms with Crippen LogP contribution in [-0.2, 0) is 44.6 Å². The van der Waals surface area contributed by atoms with Crippen molar-refractivity contribution in [3.63, 3.8) is 0 Å². The Morgan fingerprint density at radius 2 is 0.983 bits per heavy atom. The van der Waals surface area contributed by atoms with Gasteiger partial charge in [-0.15, -0.1) is 20.4 Å². The van der Waals surface area contributed by atoms with E-state index in [1.54, 1.807) is 80.3 Å². The van der Waals surface area contributed by atoms with Crippen LogP contribution < -0.4 is 5.32 Å². The second kappa shape index (κ2) is 33.3. The van der Waals surface area contributed by atoms with Gasteiger partial charge in [-0.1, -0.05) is 103 Å². The molecule has 26 nitrogen and oxygen atoms in total. The average Bonchev–Trinajstić information content (AvgIpc) is 1.70. The molecule has 7 aromatic heterocycles. The number of nitrogens with one attached hydrogen (secondary N) is 1. The number of benzene rings is 4. The summed E-state index contributed by atoms with van der Waals surface area (Å²) < 4.78 is 112. The number of halogens is 13. The smallest absolute Gasteiger partial charge is 0.331 e. The molecular formula is C76H67Cl5F8N22O4. The first-order chi connectivity index (χ1) is 54.7. The Kier molecular flexibility index (Phi) is 23.7. The van der Waals surface area contributed by atoms with Gasteiger partial charge in [0.15, 0.2) is 17.5 Å². The van der Waals surface area contributed by atoms with E-state index in [0.29, 0.717) is 94.8 Å². The fraction of sp³-hybridized carbons (Fsp3) is 0.303. The topological polar surface area (TPSA) is 280 Å². The molecule has 1 N–H and O–H groups in total. The molecule has 16 rings (SSSR count). The van der Waals surface area contributed by atoms with E-state index < -0.39 is 69.6 Å². The molecule has 0 saturated heterocycles. The van der Waals surface area contributed by atoms with Crippen LogP contribution in [0.15, 0.2) is 133 Å². The average molecular weight is 1680 g/mol. The van der Waals surface area contributed by atoms with E-state index in [-0.39, 0.29) is 71.0 Å². The molecule has 3 unspecified atom stereocenters. The van der Waals surface area contributed by atoms with Crippen molar-refractivity contribution in [3.8, 4) is 17.6 Å². The van der Waals surface area contributed by atoms with Crippen LogP contribution >= 0.6 is 58.0 Å². The van der Waals surface area contributed by atoms with Crippen molar-refractivity contribution >= 4 is 87.6 Å². The van der Waals surface area contributed by atoms with E-state index in [9.17, 15) is 54.3 Å². The van der Waals surface area contributed by atoms with E-state index in [1.807, 2.05) is 78.0 Å². The number of carbonyl (C=O) groups excluding carboxylic acids is 4. The molecule has 115 heavy (non-hydrogen) atoms. The summed E-state index contributed by atoms with van der Waals surface area (Å²) in [6.07, 6.45) is -1.84. The van der Waals surface area contributed by atoms with Crippen molar-refractivity contribution in [2.24, 2.45) is 4.99 Å². The number of fused-ring (bicyclic) bond motifs is 4. The first kappa shape index (κ1) is 81.8. The van der Waals surface area contributed by atoms with Gasteiger partial charge in [0.1, 0.15) is 28.6 Å². The van der Waals surface area contributed by atoms with E-state index >= 15 is 0 Å². The highest BCUT2D eigenvalue weighted by atomic mass is 35.5. The standard InChI is InChI=1S/C20H19Cl2N5O.C19H17Cl2N5O.C19H18ClF3N6O.C18H13F5N6O/c1-11-9-12(2)23-17(10-11)27-16-7-8-26(13(3)19(16)24-25-27)20(28)14-5-4-6-15(21)18(14)22;1-11-5-3-8-16(22-11)26-15-9-10-25(12(2)18(15)23-24-26)19(27)13-6-4-7-14(20)17(13)21;1-10-6-8-24-18(25-10)29-14-7-9-28(11(2)16(14)26-27-29)17(30)12-4-3-5-13(15(12)20)19(21,22)23;1-9-4-15-14(26-27-29(15)17-24-6-11(19)7-25-17)8-28(9)16(30)12-5-10(18(21,22)23)2-3-13(12)20/h4-6,9-10,13H,7-8H2,1-3H3;3-8,12H,9-10H2,1-2H3;3-6,8,10-11H,7,9H2,1-2H3,(H,24,25);2-3,5-7,9H,4,8H2,1H3/t13-;;10?,11-;/m0.1./s1. The largest absolute Gasteiger partial charge is 0.417 e. The third-order valence-corrected chi connectivity index (χ3v) is 21.7. The fourth-order valence-electron chi connectivity index (χ4n) is 13.9. The molecule has 4 aromatic carbocycles. The van der Waals surface area contributed by atoms with Crippen molar-refractivity contribution in [1.29, 1.82) is 0 Å². The Bertz CT molecular complexity index is 5640. The summed E-state index contributed by atoms with van der Waals surface area (Å²) in [5, 5.41) is 37.2. The fourth-order valence-corrected chi connectivity index (χ4v) is 14.9. The maximum atomic E-state index is 14.2.